The van der Waals surface area contributed by atoms with Gasteiger partial charge in [0.15, 0.2) is 9.84 Å². The first-order valence-electron chi connectivity index (χ1n) is 12.3. The average molecular weight is 608 g/mol. The van der Waals surface area contributed by atoms with E-state index in [1.54, 1.807) is 97.1 Å². The molecule has 2 unspecified atom stereocenters. The summed E-state index contributed by atoms with van der Waals surface area (Å²) in [5, 5.41) is 17.1. The zero-order valence-corrected chi connectivity index (χ0v) is 23.7. The molecule has 2 atom stereocenters. The van der Waals surface area contributed by atoms with Crippen LogP contribution in [0.25, 0.3) is 12.2 Å². The minimum atomic E-state index is -4.03. The third kappa shape index (κ3) is 7.52. The fraction of sp³-hybridized carbons (Fsp3) is 0.0625. The van der Waals surface area contributed by atoms with Crippen molar-refractivity contribution in [2.24, 2.45) is 0 Å². The maximum Gasteiger partial charge on any atom is 0.335 e. The molecule has 41 heavy (non-hydrogen) atoms. The molecule has 2 N–H and O–H groups in total. The van der Waals surface area contributed by atoms with Crippen LogP contribution in [0, 0.1) is 0 Å². The lowest BCUT2D eigenvalue weighted by molar-refractivity contribution is 0.0686. The van der Waals surface area contributed by atoms with Gasteiger partial charge in [-0.15, -0.1) is 0 Å². The van der Waals surface area contributed by atoms with E-state index < -0.39 is 32.3 Å². The molecule has 0 aliphatic rings. The van der Waals surface area contributed by atoms with Gasteiger partial charge in [0, 0.05) is 10.0 Å². The highest BCUT2D eigenvalue weighted by atomic mass is 35.5. The van der Waals surface area contributed by atoms with Crippen LogP contribution >= 0.6 is 23.2 Å². The predicted molar refractivity (Wildman–Crippen MR) is 162 cm³/mol. The Bertz CT molecular complexity index is 1570. The summed E-state index contributed by atoms with van der Waals surface area (Å²) in [6.45, 7) is 0. The lowest BCUT2D eigenvalue weighted by atomic mass is 10.1. The summed E-state index contributed by atoms with van der Waals surface area (Å²) in [5.74, 6) is -2.12. The summed E-state index contributed by atoms with van der Waals surface area (Å²) in [7, 11) is -4.03. The number of aromatic carboxylic acids is 2. The van der Waals surface area contributed by atoms with Gasteiger partial charge in [-0.25, -0.2) is 18.0 Å². The highest BCUT2D eigenvalue weighted by molar-refractivity contribution is 7.92. The van der Waals surface area contributed by atoms with E-state index in [1.165, 1.54) is 24.3 Å². The van der Waals surface area contributed by atoms with E-state index >= 15 is 0 Å². The van der Waals surface area contributed by atoms with Crippen molar-refractivity contribution in [2.45, 2.75) is 10.5 Å². The van der Waals surface area contributed by atoms with Crippen LogP contribution < -0.4 is 0 Å². The minimum Gasteiger partial charge on any atom is -0.478 e. The first kappa shape index (κ1) is 29.8. The lowest BCUT2D eigenvalue weighted by Gasteiger charge is -2.22. The number of benzene rings is 4. The molecule has 208 valence electrons. The maximum atomic E-state index is 14.4. The Morgan fingerprint density at radius 2 is 0.878 bits per heavy atom. The Hall–Kier alpha value is -4.17. The Balaban J connectivity index is 1.79. The number of hydrogen-bond acceptors (Lipinski definition) is 4. The van der Waals surface area contributed by atoms with Crippen molar-refractivity contribution in [3.05, 3.63) is 153 Å². The van der Waals surface area contributed by atoms with Crippen molar-refractivity contribution in [1.82, 2.24) is 0 Å². The number of hydrogen-bond donors (Lipinski definition) is 2. The molecular weight excluding hydrogens is 583 g/mol. The van der Waals surface area contributed by atoms with E-state index in [0.29, 0.717) is 32.3 Å². The molecule has 0 spiro atoms. The van der Waals surface area contributed by atoms with Gasteiger partial charge in [-0.3, -0.25) is 0 Å². The summed E-state index contributed by atoms with van der Waals surface area (Å²) < 4.78 is 28.8. The molecule has 4 aromatic carbocycles. The summed E-state index contributed by atoms with van der Waals surface area (Å²) >= 11 is 12.2. The molecular formula is C32H24Cl2O6S. The fourth-order valence-electron chi connectivity index (χ4n) is 4.15. The van der Waals surface area contributed by atoms with E-state index in [4.69, 9.17) is 23.2 Å². The van der Waals surface area contributed by atoms with Crippen molar-refractivity contribution in [3.63, 3.8) is 0 Å². The molecule has 0 saturated carbocycles. The molecule has 0 aliphatic carbocycles. The molecule has 9 heteroatoms. The van der Waals surface area contributed by atoms with Crippen molar-refractivity contribution in [2.75, 3.05) is 0 Å². The predicted octanol–water partition coefficient (Wildman–Crippen LogP) is 8.01. The van der Waals surface area contributed by atoms with Gasteiger partial charge in [0.05, 0.1) is 11.1 Å². The van der Waals surface area contributed by atoms with E-state index in [9.17, 15) is 28.2 Å². The number of halogens is 2. The smallest absolute Gasteiger partial charge is 0.335 e. The Morgan fingerprint density at radius 3 is 1.17 bits per heavy atom. The van der Waals surface area contributed by atoms with E-state index in [0.717, 1.165) is 0 Å². The zero-order valence-electron chi connectivity index (χ0n) is 21.4. The molecule has 0 bridgehead atoms. The molecule has 0 aromatic heterocycles. The number of carboxylic acids is 2. The van der Waals surface area contributed by atoms with Crippen LogP contribution in [-0.2, 0) is 9.84 Å². The second-order valence-electron chi connectivity index (χ2n) is 9.11. The lowest BCUT2D eigenvalue weighted by Crippen LogP contribution is -2.19. The van der Waals surface area contributed by atoms with Crippen LogP contribution in [0.3, 0.4) is 0 Å². The van der Waals surface area contributed by atoms with Crippen LogP contribution in [0.1, 0.15) is 53.5 Å². The van der Waals surface area contributed by atoms with Gasteiger partial charge in [-0.05, 0) is 70.8 Å². The third-order valence-corrected chi connectivity index (χ3v) is 9.13. The highest BCUT2D eigenvalue weighted by Gasteiger charge is 2.33. The van der Waals surface area contributed by atoms with Gasteiger partial charge in [0.1, 0.15) is 10.5 Å². The highest BCUT2D eigenvalue weighted by Crippen LogP contribution is 2.38. The standard InChI is InChI=1S/C32H24Cl2O6S/c33-27-15-11-23(12-16-27)29(19-5-21-1-7-25(8-2-21)31(35)36)41(39,40)30(24-13-17-28(34)18-14-24)20-6-22-3-9-26(10-4-22)32(37)38/h1-20,29-30H,(H,35,36)(H,37,38)/b19-5+,20-6+. The number of carbonyl (C=O) groups is 2. The Labute approximate surface area is 247 Å². The zero-order chi connectivity index (χ0) is 29.6. The number of sulfone groups is 1. The monoisotopic (exact) mass is 606 g/mol. The topological polar surface area (TPSA) is 109 Å². The first-order chi connectivity index (χ1) is 19.5. The van der Waals surface area contributed by atoms with E-state index in [1.807, 2.05) is 0 Å². The molecule has 4 rings (SSSR count). The molecule has 0 aliphatic heterocycles. The maximum absolute atomic E-state index is 14.4. The first-order valence-corrected chi connectivity index (χ1v) is 14.7. The Kier molecular flexibility index (Phi) is 9.45. The van der Waals surface area contributed by atoms with E-state index in [2.05, 4.69) is 0 Å². The van der Waals surface area contributed by atoms with Gasteiger partial charge in [-0.2, -0.15) is 0 Å². The summed E-state index contributed by atoms with van der Waals surface area (Å²) in [6, 6.07) is 25.3. The van der Waals surface area contributed by atoms with Crippen molar-refractivity contribution in [3.8, 4) is 0 Å². The second-order valence-corrected chi connectivity index (χ2v) is 12.2. The molecule has 6 nitrogen and oxygen atoms in total. The van der Waals surface area contributed by atoms with Crippen LogP contribution in [0.5, 0.6) is 0 Å². The van der Waals surface area contributed by atoms with Crippen molar-refractivity contribution in [1.29, 1.82) is 0 Å². The summed E-state index contributed by atoms with van der Waals surface area (Å²) in [6.07, 6.45) is 6.39. The summed E-state index contributed by atoms with van der Waals surface area (Å²) in [5.41, 5.74) is 2.47. The van der Waals surface area contributed by atoms with Crippen LogP contribution in [-0.4, -0.2) is 30.6 Å². The normalized spacial score (nSPS) is 13.3. The summed E-state index contributed by atoms with van der Waals surface area (Å²) in [4.78, 5) is 22.4. The SMILES string of the molecule is O=C(O)c1ccc(/C=C/C(c2ccc(Cl)cc2)S(=O)(=O)C(/C=C/c2ccc(C(=O)O)cc2)c2ccc(Cl)cc2)cc1. The van der Waals surface area contributed by atoms with Gasteiger partial charge < -0.3 is 10.2 Å². The molecule has 4 aromatic rings. The third-order valence-electron chi connectivity index (χ3n) is 6.35. The number of rotatable bonds is 10. The van der Waals surface area contributed by atoms with Crippen molar-refractivity contribution < 1.29 is 28.2 Å². The fourth-order valence-corrected chi connectivity index (χ4v) is 6.39. The molecule has 0 amide bonds. The Morgan fingerprint density at radius 1 is 0.561 bits per heavy atom. The van der Waals surface area contributed by atoms with Crippen LogP contribution in [0.15, 0.2) is 109 Å². The second kappa shape index (κ2) is 13.0. The molecule has 0 saturated heterocycles. The van der Waals surface area contributed by atoms with Crippen molar-refractivity contribution >= 4 is 57.1 Å². The number of carboxylic acid groups (broad SMARTS) is 2. The quantitative estimate of drug-likeness (QED) is 0.189. The van der Waals surface area contributed by atoms with Gasteiger partial charge in [0.25, 0.3) is 0 Å². The largest absolute Gasteiger partial charge is 0.478 e. The van der Waals surface area contributed by atoms with Gasteiger partial charge >= 0.3 is 11.9 Å². The van der Waals surface area contributed by atoms with Gasteiger partial charge in [0.2, 0.25) is 0 Å². The molecule has 0 heterocycles. The minimum absolute atomic E-state index is 0.119. The molecule has 0 radical (unpaired) electrons. The van der Waals surface area contributed by atoms with Crippen LogP contribution in [0.4, 0.5) is 0 Å². The van der Waals surface area contributed by atoms with Gasteiger partial charge in [-0.1, -0.05) is 96.0 Å². The average Bonchev–Trinajstić information content (AvgIpc) is 2.95. The molecule has 0 fully saturated rings. The van der Waals surface area contributed by atoms with Crippen LogP contribution in [0.2, 0.25) is 10.0 Å². The van der Waals surface area contributed by atoms with E-state index in [-0.39, 0.29) is 11.1 Å².